The van der Waals surface area contributed by atoms with Crippen LogP contribution in [0, 0.1) is 17.8 Å². The second kappa shape index (κ2) is 14.3. The van der Waals surface area contributed by atoms with Crippen LogP contribution >= 0.6 is 9.24 Å². The van der Waals surface area contributed by atoms with Gasteiger partial charge in [0.15, 0.2) is 24.8 Å². The average molecular weight is 551 g/mol. The fraction of sp³-hybridized carbons (Fsp3) is 0.833. The van der Waals surface area contributed by atoms with Gasteiger partial charge in [-0.2, -0.15) is 0 Å². The van der Waals surface area contributed by atoms with Gasteiger partial charge in [-0.15, -0.1) is 9.24 Å². The first-order valence-electron chi connectivity index (χ1n) is 12.2. The zero-order valence-electron chi connectivity index (χ0n) is 22.4. The predicted octanol–water partition coefficient (Wildman–Crippen LogP) is 1.57. The lowest BCUT2D eigenvalue weighted by Crippen LogP contribution is -2.61. The van der Waals surface area contributed by atoms with E-state index in [9.17, 15) is 19.2 Å². The maximum Gasteiger partial charge on any atom is 0.303 e. The number of hydrogen-bond acceptors (Lipinski definition) is 12. The molecule has 0 radical (unpaired) electrons. The monoisotopic (exact) mass is 550 g/mol. The summed E-state index contributed by atoms with van der Waals surface area (Å²) in [5.74, 6) is -2.91. The van der Waals surface area contributed by atoms with Crippen LogP contribution in [0.15, 0.2) is 0 Å². The third-order valence-electron chi connectivity index (χ3n) is 6.55. The van der Waals surface area contributed by atoms with Crippen LogP contribution in [0.2, 0.25) is 0 Å². The van der Waals surface area contributed by atoms with Crippen LogP contribution in [-0.4, -0.2) is 86.5 Å². The molecule has 0 aromatic rings. The van der Waals surface area contributed by atoms with Gasteiger partial charge in [-0.1, -0.05) is 20.8 Å². The smallest absolute Gasteiger partial charge is 0.303 e. The molecule has 0 aromatic heterocycles. The first kappa shape index (κ1) is 31.4. The topological polar surface area (TPSA) is 142 Å². The van der Waals surface area contributed by atoms with Crippen molar-refractivity contribution in [1.82, 2.24) is 0 Å². The molecule has 0 aliphatic carbocycles. The minimum atomic E-state index is -1.08. The Morgan fingerprint density at radius 2 is 1.14 bits per heavy atom. The quantitative estimate of drug-likeness (QED) is 0.221. The Balaban J connectivity index is 2.38. The minimum Gasteiger partial charge on any atom is -0.463 e. The highest BCUT2D eigenvalue weighted by molar-refractivity contribution is 7.16. The first-order valence-corrected chi connectivity index (χ1v) is 13.1. The molecule has 0 N–H and O–H groups in total. The summed E-state index contributed by atoms with van der Waals surface area (Å²) in [7, 11) is 2.40. The van der Waals surface area contributed by atoms with E-state index in [2.05, 4.69) is 9.24 Å². The zero-order chi connectivity index (χ0) is 27.9. The zero-order valence-corrected chi connectivity index (χ0v) is 23.5. The van der Waals surface area contributed by atoms with Gasteiger partial charge in [-0.3, -0.25) is 19.2 Å². The molecule has 11 atom stereocenters. The van der Waals surface area contributed by atoms with Crippen molar-refractivity contribution in [2.45, 2.75) is 91.6 Å². The summed E-state index contributed by atoms with van der Waals surface area (Å²) in [5, 5.41) is 0. The Hall–Kier alpha value is -1.85. The second-order valence-corrected chi connectivity index (χ2v) is 9.68. The van der Waals surface area contributed by atoms with Crippen LogP contribution in [0.3, 0.4) is 0 Å². The number of carbonyl (C=O) groups excluding carboxylic acids is 4. The van der Waals surface area contributed by atoms with Crippen molar-refractivity contribution in [3.05, 3.63) is 0 Å². The summed E-state index contributed by atoms with van der Waals surface area (Å²) in [6, 6.07) is 0. The minimum absolute atomic E-state index is 0.0127. The lowest BCUT2D eigenvalue weighted by Gasteiger charge is -2.48. The van der Waals surface area contributed by atoms with Crippen molar-refractivity contribution in [3.63, 3.8) is 0 Å². The van der Waals surface area contributed by atoms with Gasteiger partial charge in [0.05, 0.1) is 18.6 Å². The van der Waals surface area contributed by atoms with E-state index in [-0.39, 0.29) is 31.4 Å². The van der Waals surface area contributed by atoms with E-state index in [4.69, 9.17) is 37.9 Å². The average Bonchev–Trinajstić information content (AvgIpc) is 2.80. The molecule has 2 aliphatic rings. The molecular formula is C24H39O12P. The molecule has 212 valence electrons. The Kier molecular flexibility index (Phi) is 12.2. The summed E-state index contributed by atoms with van der Waals surface area (Å²) in [4.78, 5) is 46.8. The van der Waals surface area contributed by atoms with Gasteiger partial charge in [-0.25, -0.2) is 0 Å². The highest BCUT2D eigenvalue weighted by atomic mass is 31.0. The van der Waals surface area contributed by atoms with E-state index in [0.29, 0.717) is 0 Å². The number of hydrogen-bond donors (Lipinski definition) is 0. The molecule has 2 rings (SSSR count). The molecule has 0 saturated carbocycles. The van der Waals surface area contributed by atoms with Crippen LogP contribution in [-0.2, 0) is 57.1 Å². The lowest BCUT2D eigenvalue weighted by molar-refractivity contribution is -0.343. The van der Waals surface area contributed by atoms with Gasteiger partial charge in [0.2, 0.25) is 0 Å². The van der Waals surface area contributed by atoms with Crippen molar-refractivity contribution in [2.75, 3.05) is 19.6 Å². The highest BCUT2D eigenvalue weighted by Gasteiger charge is 2.51. The van der Waals surface area contributed by atoms with Crippen molar-refractivity contribution >= 4 is 33.1 Å². The van der Waals surface area contributed by atoms with Gasteiger partial charge in [0.25, 0.3) is 0 Å². The molecule has 0 bridgehead atoms. The number of carbonyl (C=O) groups is 4. The third-order valence-corrected chi connectivity index (χ3v) is 6.74. The molecular weight excluding hydrogens is 511 g/mol. The fourth-order valence-corrected chi connectivity index (χ4v) is 4.69. The number of rotatable bonds is 10. The Morgan fingerprint density at radius 1 is 0.649 bits per heavy atom. The Bertz CT molecular complexity index is 803. The molecule has 5 unspecified atom stereocenters. The molecule has 2 fully saturated rings. The maximum atomic E-state index is 11.9. The molecule has 2 heterocycles. The molecule has 0 amide bonds. The molecule has 13 heteroatoms. The van der Waals surface area contributed by atoms with Gasteiger partial charge in [-0.05, 0) is 5.92 Å². The standard InChI is InChI=1S/C24H39O12P/c1-11-12(2)21(32-16(6)27)24(34-18(11)8-29-14(4)25)36-20-13(3)22(33-17(7)28)23(31-10-37)35-19(20)9-30-15(5)26/h11-13,18-24H,8-10,37H2,1-7H3/t11-,12+,13?,18?,19+,20+,21?,22?,23-,24+/m1/s1. The van der Waals surface area contributed by atoms with Crippen LogP contribution in [0.4, 0.5) is 0 Å². The summed E-state index contributed by atoms with van der Waals surface area (Å²) in [6.07, 6.45) is -5.65. The van der Waals surface area contributed by atoms with Crippen LogP contribution in [0.5, 0.6) is 0 Å². The van der Waals surface area contributed by atoms with E-state index < -0.39 is 72.9 Å². The molecule has 37 heavy (non-hydrogen) atoms. The van der Waals surface area contributed by atoms with Crippen molar-refractivity contribution in [3.8, 4) is 0 Å². The molecule has 2 saturated heterocycles. The van der Waals surface area contributed by atoms with Gasteiger partial charge in [0.1, 0.15) is 19.3 Å². The Morgan fingerprint density at radius 3 is 1.62 bits per heavy atom. The lowest BCUT2D eigenvalue weighted by atomic mass is 9.83. The van der Waals surface area contributed by atoms with E-state index >= 15 is 0 Å². The van der Waals surface area contributed by atoms with Crippen LogP contribution in [0.1, 0.15) is 48.5 Å². The van der Waals surface area contributed by atoms with Gasteiger partial charge >= 0.3 is 23.9 Å². The first-order chi connectivity index (χ1) is 17.3. The molecule has 0 spiro atoms. The van der Waals surface area contributed by atoms with E-state index in [0.717, 1.165) is 0 Å². The normalized spacial score (nSPS) is 35.8. The van der Waals surface area contributed by atoms with Gasteiger partial charge < -0.3 is 37.9 Å². The van der Waals surface area contributed by atoms with Crippen molar-refractivity contribution in [1.29, 1.82) is 0 Å². The van der Waals surface area contributed by atoms with E-state index in [1.54, 1.807) is 6.92 Å². The summed E-state index contributed by atoms with van der Waals surface area (Å²) in [5.41, 5.74) is 0. The number of esters is 4. The highest BCUT2D eigenvalue weighted by Crippen LogP contribution is 2.38. The van der Waals surface area contributed by atoms with Crippen LogP contribution < -0.4 is 0 Å². The van der Waals surface area contributed by atoms with E-state index in [1.165, 1.54) is 27.7 Å². The Labute approximate surface area is 219 Å². The van der Waals surface area contributed by atoms with Crippen molar-refractivity contribution in [2.24, 2.45) is 17.8 Å². The summed E-state index contributed by atoms with van der Waals surface area (Å²) < 4.78 is 45.7. The summed E-state index contributed by atoms with van der Waals surface area (Å²) in [6.45, 7) is 10.5. The van der Waals surface area contributed by atoms with E-state index in [1.807, 2.05) is 13.8 Å². The fourth-order valence-electron chi connectivity index (χ4n) is 4.50. The molecule has 12 nitrogen and oxygen atoms in total. The van der Waals surface area contributed by atoms with Crippen LogP contribution in [0.25, 0.3) is 0 Å². The largest absolute Gasteiger partial charge is 0.463 e. The third kappa shape index (κ3) is 8.85. The SMILES string of the molecule is CC(=O)OCC1O[C@@H](O[C@H]2C(C)C(OC(C)=O)[C@H](OCP)O[C@H]2COC(C)=O)C(OC(C)=O)[C@@H](C)[C@H]1C. The molecule has 2 aliphatic heterocycles. The molecule has 0 aromatic carbocycles. The van der Waals surface area contributed by atoms with Crippen molar-refractivity contribution < 1.29 is 57.1 Å². The predicted molar refractivity (Wildman–Crippen MR) is 130 cm³/mol. The van der Waals surface area contributed by atoms with Gasteiger partial charge in [0, 0.05) is 39.5 Å². The second-order valence-electron chi connectivity index (χ2n) is 9.35. The maximum absolute atomic E-state index is 11.9. The number of ether oxygens (including phenoxy) is 8. The summed E-state index contributed by atoms with van der Waals surface area (Å²) >= 11 is 0.